The van der Waals surface area contributed by atoms with Gasteiger partial charge in [-0.3, -0.25) is 15.1 Å². The minimum absolute atomic E-state index is 0.721. The van der Waals surface area contributed by atoms with Crippen LogP contribution in [0.4, 0.5) is 0 Å². The fourth-order valence-electron chi connectivity index (χ4n) is 4.52. The SMILES string of the molecule is COc1ccc2cc(-c3n[nH]c4ccc(-c5n[nH]c(CN6CCCC6)n5)cc34)ccc2c1. The van der Waals surface area contributed by atoms with E-state index in [1.54, 1.807) is 7.11 Å². The molecule has 1 fully saturated rings. The first-order valence-corrected chi connectivity index (χ1v) is 11.0. The summed E-state index contributed by atoms with van der Waals surface area (Å²) in [6.45, 7) is 3.10. The molecule has 32 heavy (non-hydrogen) atoms. The number of hydrogen-bond donors (Lipinski definition) is 2. The molecule has 2 aromatic heterocycles. The lowest BCUT2D eigenvalue weighted by Gasteiger charge is -2.11. The highest BCUT2D eigenvalue weighted by atomic mass is 16.5. The molecule has 3 heterocycles. The van der Waals surface area contributed by atoms with E-state index in [0.717, 1.165) is 75.5 Å². The van der Waals surface area contributed by atoms with Crippen LogP contribution in [0.1, 0.15) is 18.7 Å². The number of aromatic nitrogens is 5. The Kier molecular flexibility index (Phi) is 4.61. The zero-order valence-corrected chi connectivity index (χ0v) is 17.9. The summed E-state index contributed by atoms with van der Waals surface area (Å²) < 4.78 is 5.34. The summed E-state index contributed by atoms with van der Waals surface area (Å²) in [6.07, 6.45) is 2.53. The predicted molar refractivity (Wildman–Crippen MR) is 125 cm³/mol. The Bertz CT molecular complexity index is 1410. The Hall–Kier alpha value is -3.71. The average molecular weight is 425 g/mol. The standard InChI is InChI=1S/C25H24N6O/c1-32-20-8-6-16-12-18(5-4-17(16)13-20)24-21-14-19(7-9-22(21)27-29-24)25-26-23(28-30-25)15-31-10-2-3-11-31/h4-9,12-14H,2-3,10-11,15H2,1H3,(H,27,29)(H,26,28,30). The Morgan fingerprint density at radius 2 is 1.69 bits per heavy atom. The first kappa shape index (κ1) is 19.0. The van der Waals surface area contributed by atoms with Crippen molar-refractivity contribution in [1.29, 1.82) is 0 Å². The molecule has 0 atom stereocenters. The molecule has 1 aliphatic rings. The zero-order valence-electron chi connectivity index (χ0n) is 17.9. The van der Waals surface area contributed by atoms with Crippen LogP contribution in [0.15, 0.2) is 54.6 Å². The molecule has 3 aromatic carbocycles. The van der Waals surface area contributed by atoms with Crippen LogP contribution in [0.3, 0.4) is 0 Å². The van der Waals surface area contributed by atoms with Crippen LogP contribution >= 0.6 is 0 Å². The second-order valence-electron chi connectivity index (χ2n) is 8.35. The number of nitrogens with one attached hydrogen (secondary N) is 2. The summed E-state index contributed by atoms with van der Waals surface area (Å²) in [5, 5.41) is 18.7. The van der Waals surface area contributed by atoms with E-state index in [9.17, 15) is 0 Å². The monoisotopic (exact) mass is 424 g/mol. The Morgan fingerprint density at radius 3 is 2.56 bits per heavy atom. The smallest absolute Gasteiger partial charge is 0.181 e. The van der Waals surface area contributed by atoms with Gasteiger partial charge in [0.15, 0.2) is 5.82 Å². The van der Waals surface area contributed by atoms with E-state index in [0.29, 0.717) is 0 Å². The number of methoxy groups -OCH3 is 1. The maximum atomic E-state index is 5.34. The molecule has 6 rings (SSSR count). The quantitative estimate of drug-likeness (QED) is 0.425. The van der Waals surface area contributed by atoms with Crippen molar-refractivity contribution in [1.82, 2.24) is 30.3 Å². The van der Waals surface area contributed by atoms with Crippen LogP contribution in [0.5, 0.6) is 5.75 Å². The summed E-state index contributed by atoms with van der Waals surface area (Å²) in [7, 11) is 1.69. The molecule has 7 heteroatoms. The number of rotatable bonds is 5. The van der Waals surface area contributed by atoms with Gasteiger partial charge in [-0.25, -0.2) is 4.98 Å². The van der Waals surface area contributed by atoms with Gasteiger partial charge in [-0.2, -0.15) is 10.2 Å². The van der Waals surface area contributed by atoms with Crippen molar-refractivity contribution in [3.63, 3.8) is 0 Å². The van der Waals surface area contributed by atoms with Crippen LogP contribution in [0, 0.1) is 0 Å². The highest BCUT2D eigenvalue weighted by molar-refractivity contribution is 5.97. The number of nitrogens with zero attached hydrogens (tertiary/aromatic N) is 4. The summed E-state index contributed by atoms with van der Waals surface area (Å²) in [6, 6.07) is 18.7. The van der Waals surface area contributed by atoms with E-state index < -0.39 is 0 Å². The Balaban J connectivity index is 1.35. The minimum Gasteiger partial charge on any atom is -0.497 e. The average Bonchev–Trinajstić information content (AvgIpc) is 3.59. The third-order valence-electron chi connectivity index (χ3n) is 6.25. The van der Waals surface area contributed by atoms with Crippen LogP contribution in [-0.2, 0) is 6.54 Å². The number of hydrogen-bond acceptors (Lipinski definition) is 5. The second-order valence-corrected chi connectivity index (χ2v) is 8.35. The van der Waals surface area contributed by atoms with E-state index in [-0.39, 0.29) is 0 Å². The Labute approximate surface area is 185 Å². The van der Waals surface area contributed by atoms with E-state index in [2.05, 4.69) is 55.6 Å². The lowest BCUT2D eigenvalue weighted by atomic mass is 10.0. The molecule has 0 unspecified atom stereocenters. The number of benzene rings is 3. The molecule has 0 aliphatic carbocycles. The molecule has 0 bridgehead atoms. The van der Waals surface area contributed by atoms with Crippen molar-refractivity contribution in [3.8, 4) is 28.4 Å². The number of ether oxygens (including phenoxy) is 1. The first-order valence-electron chi connectivity index (χ1n) is 11.0. The lowest BCUT2D eigenvalue weighted by Crippen LogP contribution is -2.19. The van der Waals surface area contributed by atoms with Crippen molar-refractivity contribution in [2.75, 3.05) is 20.2 Å². The van der Waals surface area contributed by atoms with Crippen molar-refractivity contribution >= 4 is 21.7 Å². The molecule has 0 spiro atoms. The molecule has 160 valence electrons. The summed E-state index contributed by atoms with van der Waals surface area (Å²) in [5.41, 5.74) is 3.96. The second kappa shape index (κ2) is 7.76. The molecular weight excluding hydrogens is 400 g/mol. The number of likely N-dealkylation sites (tertiary alicyclic amines) is 1. The van der Waals surface area contributed by atoms with Gasteiger partial charge in [-0.1, -0.05) is 18.2 Å². The van der Waals surface area contributed by atoms with Crippen LogP contribution < -0.4 is 4.74 Å². The van der Waals surface area contributed by atoms with Crippen LogP contribution in [-0.4, -0.2) is 50.5 Å². The molecule has 2 N–H and O–H groups in total. The third-order valence-corrected chi connectivity index (χ3v) is 6.25. The number of aromatic amines is 2. The van der Waals surface area contributed by atoms with Crippen LogP contribution in [0.2, 0.25) is 0 Å². The summed E-state index contributed by atoms with van der Waals surface area (Å²) >= 11 is 0. The maximum absolute atomic E-state index is 5.34. The van der Waals surface area contributed by atoms with Gasteiger partial charge in [0, 0.05) is 16.5 Å². The van der Waals surface area contributed by atoms with Crippen molar-refractivity contribution in [2.45, 2.75) is 19.4 Å². The third kappa shape index (κ3) is 3.40. The molecule has 1 aliphatic heterocycles. The van der Waals surface area contributed by atoms with E-state index in [4.69, 9.17) is 9.72 Å². The topological polar surface area (TPSA) is 82.7 Å². The highest BCUT2D eigenvalue weighted by Gasteiger charge is 2.16. The van der Waals surface area contributed by atoms with Gasteiger partial charge in [0.1, 0.15) is 11.6 Å². The summed E-state index contributed by atoms with van der Waals surface area (Å²) in [5.74, 6) is 2.49. The lowest BCUT2D eigenvalue weighted by molar-refractivity contribution is 0.323. The van der Waals surface area contributed by atoms with Gasteiger partial charge in [-0.15, -0.1) is 0 Å². The van der Waals surface area contributed by atoms with Crippen molar-refractivity contribution in [2.24, 2.45) is 0 Å². The Morgan fingerprint density at radius 1 is 0.875 bits per heavy atom. The van der Waals surface area contributed by atoms with Crippen LogP contribution in [0.25, 0.3) is 44.3 Å². The molecule has 0 amide bonds. The normalized spacial score (nSPS) is 14.5. The fraction of sp³-hybridized carbons (Fsp3) is 0.240. The van der Waals surface area contributed by atoms with E-state index >= 15 is 0 Å². The molecule has 0 saturated carbocycles. The zero-order chi connectivity index (χ0) is 21.5. The first-order chi connectivity index (χ1) is 15.8. The van der Waals surface area contributed by atoms with Gasteiger partial charge in [0.05, 0.1) is 24.9 Å². The van der Waals surface area contributed by atoms with Gasteiger partial charge >= 0.3 is 0 Å². The van der Waals surface area contributed by atoms with Crippen molar-refractivity contribution in [3.05, 3.63) is 60.4 Å². The van der Waals surface area contributed by atoms with E-state index in [1.807, 2.05) is 24.3 Å². The fourth-order valence-corrected chi connectivity index (χ4v) is 4.52. The van der Waals surface area contributed by atoms with Gasteiger partial charge in [-0.05, 0) is 73.1 Å². The summed E-state index contributed by atoms with van der Waals surface area (Å²) in [4.78, 5) is 7.16. The van der Waals surface area contributed by atoms with Gasteiger partial charge in [0.25, 0.3) is 0 Å². The molecule has 0 radical (unpaired) electrons. The van der Waals surface area contributed by atoms with Crippen molar-refractivity contribution < 1.29 is 4.74 Å². The molecular formula is C25H24N6O. The molecule has 1 saturated heterocycles. The van der Waals surface area contributed by atoms with E-state index in [1.165, 1.54) is 12.8 Å². The maximum Gasteiger partial charge on any atom is 0.181 e. The number of H-pyrrole nitrogens is 2. The highest BCUT2D eigenvalue weighted by Crippen LogP contribution is 2.32. The van der Waals surface area contributed by atoms with Gasteiger partial charge in [0.2, 0.25) is 0 Å². The number of fused-ring (bicyclic) bond motifs is 2. The van der Waals surface area contributed by atoms with Gasteiger partial charge < -0.3 is 4.74 Å². The predicted octanol–water partition coefficient (Wildman–Crippen LogP) is 4.77. The largest absolute Gasteiger partial charge is 0.497 e. The molecule has 5 aromatic rings. The minimum atomic E-state index is 0.721. The molecule has 7 nitrogen and oxygen atoms in total.